The Kier molecular flexibility index (Phi) is 5.24. The van der Waals surface area contributed by atoms with Crippen LogP contribution in [-0.4, -0.2) is 22.6 Å². The molecule has 0 saturated carbocycles. The molecule has 134 valence electrons. The number of aryl methyl sites for hydroxylation is 1. The molecule has 3 aromatic rings. The third-order valence-corrected chi connectivity index (χ3v) is 4.40. The van der Waals surface area contributed by atoms with Crippen molar-refractivity contribution in [3.63, 3.8) is 0 Å². The molecule has 0 aliphatic carbocycles. The van der Waals surface area contributed by atoms with Crippen LogP contribution in [0.15, 0.2) is 66.7 Å². The molecule has 3 rings (SSSR count). The van der Waals surface area contributed by atoms with Crippen molar-refractivity contribution in [2.75, 3.05) is 6.61 Å². The number of aromatic nitrogens is 1. The van der Waals surface area contributed by atoms with E-state index in [0.29, 0.717) is 12.2 Å². The minimum atomic E-state index is -0.364. The van der Waals surface area contributed by atoms with Gasteiger partial charge in [-0.05, 0) is 32.4 Å². The van der Waals surface area contributed by atoms with Gasteiger partial charge in [0.2, 0.25) is 0 Å². The van der Waals surface area contributed by atoms with Crippen molar-refractivity contribution in [1.82, 2.24) is 10.0 Å². The molecule has 0 bridgehead atoms. The number of hydrogen-bond donors (Lipinski definition) is 1. The van der Waals surface area contributed by atoms with E-state index < -0.39 is 0 Å². The summed E-state index contributed by atoms with van der Waals surface area (Å²) in [4.78, 5) is 22.1. The smallest absolute Gasteiger partial charge is 0.273 e. The summed E-state index contributed by atoms with van der Waals surface area (Å²) < 4.78 is 0. The molecule has 1 atom stereocenters. The van der Waals surface area contributed by atoms with Crippen molar-refractivity contribution < 1.29 is 9.63 Å². The third-order valence-electron chi connectivity index (χ3n) is 4.40. The van der Waals surface area contributed by atoms with Crippen molar-refractivity contribution in [2.45, 2.75) is 26.8 Å². The molecule has 1 aromatic heterocycles. The third kappa shape index (κ3) is 3.28. The summed E-state index contributed by atoms with van der Waals surface area (Å²) in [6, 6.07) is 17.7. The number of amides is 1. The van der Waals surface area contributed by atoms with Gasteiger partial charge < -0.3 is 4.98 Å². The van der Waals surface area contributed by atoms with Crippen LogP contribution in [0.5, 0.6) is 0 Å². The fraction of sp³-hybridized carbons (Fsp3) is 0.227. The summed E-state index contributed by atoms with van der Waals surface area (Å²) in [5.41, 5.74) is 4.52. The fourth-order valence-electron chi connectivity index (χ4n) is 3.28. The molecule has 2 aromatic carbocycles. The molecule has 0 fully saturated rings. The summed E-state index contributed by atoms with van der Waals surface area (Å²) in [5, 5.41) is 2.54. The summed E-state index contributed by atoms with van der Waals surface area (Å²) >= 11 is 0. The zero-order valence-corrected chi connectivity index (χ0v) is 15.5. The summed E-state index contributed by atoms with van der Waals surface area (Å²) in [6.07, 6.45) is 0. The summed E-state index contributed by atoms with van der Waals surface area (Å²) in [7, 11) is 0. The Morgan fingerprint density at radius 2 is 1.81 bits per heavy atom. The Bertz CT molecular complexity index is 928. The molecule has 1 heterocycles. The van der Waals surface area contributed by atoms with E-state index in [2.05, 4.69) is 17.6 Å². The molecule has 0 radical (unpaired) electrons. The van der Waals surface area contributed by atoms with Gasteiger partial charge in [-0.2, -0.15) is 0 Å². The lowest BCUT2D eigenvalue weighted by molar-refractivity contribution is -0.190. The maximum Gasteiger partial charge on any atom is 0.273 e. The largest absolute Gasteiger partial charge is 0.358 e. The molecule has 0 aliphatic heterocycles. The van der Waals surface area contributed by atoms with Crippen LogP contribution in [0, 0.1) is 6.92 Å². The first-order chi connectivity index (χ1) is 12.5. The van der Waals surface area contributed by atoms with E-state index in [1.54, 1.807) is 6.92 Å². The Morgan fingerprint density at radius 3 is 2.46 bits per heavy atom. The summed E-state index contributed by atoms with van der Waals surface area (Å²) in [5.74, 6) is -0.217. The highest BCUT2D eigenvalue weighted by atomic mass is 16.7. The zero-order valence-electron chi connectivity index (χ0n) is 15.5. The molecular formula is C22H24N2O2. The zero-order chi connectivity index (χ0) is 18.7. The highest BCUT2D eigenvalue weighted by Crippen LogP contribution is 2.36. The predicted octanol–water partition coefficient (Wildman–Crippen LogP) is 4.92. The van der Waals surface area contributed by atoms with Gasteiger partial charge in [-0.25, -0.2) is 5.06 Å². The average molecular weight is 348 g/mol. The topological polar surface area (TPSA) is 45.3 Å². The van der Waals surface area contributed by atoms with Gasteiger partial charge in [-0.15, -0.1) is 0 Å². The molecule has 0 spiro atoms. The highest BCUT2D eigenvalue weighted by molar-refractivity contribution is 5.93. The second kappa shape index (κ2) is 7.58. The number of H-pyrrole nitrogens is 1. The number of fused-ring (bicyclic) bond motifs is 1. The first-order valence-electron chi connectivity index (χ1n) is 8.78. The quantitative estimate of drug-likeness (QED) is 0.507. The number of nitrogens with one attached hydrogen (secondary N) is 1. The lowest BCUT2D eigenvalue weighted by Gasteiger charge is -2.31. The van der Waals surface area contributed by atoms with Crippen molar-refractivity contribution in [3.8, 4) is 0 Å². The van der Waals surface area contributed by atoms with Gasteiger partial charge in [0.15, 0.2) is 0 Å². The minimum absolute atomic E-state index is 0.217. The first kappa shape index (κ1) is 18.0. The number of benzene rings is 2. The number of nitrogens with zero attached hydrogens (tertiary/aromatic N) is 1. The number of carbonyl (C=O) groups is 1. The van der Waals surface area contributed by atoms with Crippen LogP contribution < -0.4 is 0 Å². The van der Waals surface area contributed by atoms with Crippen LogP contribution in [0.25, 0.3) is 10.9 Å². The molecule has 0 unspecified atom stereocenters. The molecule has 4 heteroatoms. The van der Waals surface area contributed by atoms with Crippen LogP contribution in [0.3, 0.4) is 0 Å². The van der Waals surface area contributed by atoms with Crippen molar-refractivity contribution in [1.29, 1.82) is 0 Å². The SMILES string of the molecule is C=C(C)C(=O)N(OCC)[C@H](c1ccccc1)c1c(C)[nH]c2ccccc12. The number of aromatic amines is 1. The Labute approximate surface area is 154 Å². The van der Waals surface area contributed by atoms with Gasteiger partial charge in [-0.1, -0.05) is 55.1 Å². The molecule has 4 nitrogen and oxygen atoms in total. The molecule has 1 amide bonds. The van der Waals surface area contributed by atoms with Gasteiger partial charge >= 0.3 is 0 Å². The average Bonchev–Trinajstić information content (AvgIpc) is 2.97. The number of carbonyl (C=O) groups excluding carboxylic acids is 1. The molecule has 26 heavy (non-hydrogen) atoms. The standard InChI is InChI=1S/C22H24N2O2/c1-5-26-24(22(25)15(2)3)21(17-11-7-6-8-12-17)20-16(4)23-19-14-10-9-13-18(19)20/h6-14,21,23H,2,5H2,1,3-4H3/t21-/m1/s1. The van der Waals surface area contributed by atoms with E-state index in [0.717, 1.165) is 27.7 Å². The first-order valence-corrected chi connectivity index (χ1v) is 8.78. The van der Waals surface area contributed by atoms with E-state index >= 15 is 0 Å². The molecule has 1 N–H and O–H groups in total. The van der Waals surface area contributed by atoms with E-state index in [1.165, 1.54) is 5.06 Å². The van der Waals surface area contributed by atoms with Crippen molar-refractivity contribution in [3.05, 3.63) is 83.6 Å². The molecule has 0 aliphatic rings. The second-order valence-electron chi connectivity index (χ2n) is 6.35. The Morgan fingerprint density at radius 1 is 1.15 bits per heavy atom. The normalized spacial score (nSPS) is 12.1. The van der Waals surface area contributed by atoms with Crippen LogP contribution >= 0.6 is 0 Å². The van der Waals surface area contributed by atoms with Gasteiger partial charge in [0, 0.05) is 27.7 Å². The van der Waals surface area contributed by atoms with Crippen LogP contribution in [0.1, 0.15) is 36.7 Å². The monoisotopic (exact) mass is 348 g/mol. The molecular weight excluding hydrogens is 324 g/mol. The van der Waals surface area contributed by atoms with Crippen molar-refractivity contribution in [2.24, 2.45) is 0 Å². The van der Waals surface area contributed by atoms with Gasteiger partial charge in [-0.3, -0.25) is 9.63 Å². The Balaban J connectivity index is 2.25. The maximum absolute atomic E-state index is 12.9. The number of rotatable bonds is 6. The highest BCUT2D eigenvalue weighted by Gasteiger charge is 2.31. The maximum atomic E-state index is 12.9. The van der Waals surface area contributed by atoms with E-state index in [1.807, 2.05) is 62.4 Å². The second-order valence-corrected chi connectivity index (χ2v) is 6.35. The van der Waals surface area contributed by atoms with Gasteiger partial charge in [0.05, 0.1) is 6.61 Å². The van der Waals surface area contributed by atoms with Crippen molar-refractivity contribution >= 4 is 16.8 Å². The van der Waals surface area contributed by atoms with E-state index in [9.17, 15) is 4.79 Å². The fourth-order valence-corrected chi connectivity index (χ4v) is 3.28. The Hall–Kier alpha value is -2.85. The van der Waals surface area contributed by atoms with Crippen LogP contribution in [0.2, 0.25) is 0 Å². The van der Waals surface area contributed by atoms with E-state index in [-0.39, 0.29) is 11.9 Å². The number of hydrogen-bond acceptors (Lipinski definition) is 2. The predicted molar refractivity (Wildman–Crippen MR) is 105 cm³/mol. The number of hydroxylamine groups is 2. The summed E-state index contributed by atoms with van der Waals surface area (Å²) in [6.45, 7) is 9.83. The van der Waals surface area contributed by atoms with E-state index in [4.69, 9.17) is 4.84 Å². The molecule has 0 saturated heterocycles. The van der Waals surface area contributed by atoms with Crippen LogP contribution in [0.4, 0.5) is 0 Å². The number of para-hydroxylation sites is 1. The van der Waals surface area contributed by atoms with Gasteiger partial charge in [0.25, 0.3) is 5.91 Å². The minimum Gasteiger partial charge on any atom is -0.358 e. The van der Waals surface area contributed by atoms with Crippen LogP contribution in [-0.2, 0) is 9.63 Å². The van der Waals surface area contributed by atoms with Gasteiger partial charge in [0.1, 0.15) is 6.04 Å². The lowest BCUT2D eigenvalue weighted by atomic mass is 9.95. The lowest BCUT2D eigenvalue weighted by Crippen LogP contribution is -2.36.